The Morgan fingerprint density at radius 1 is 1.23 bits per heavy atom. The summed E-state index contributed by atoms with van der Waals surface area (Å²) in [5, 5.41) is 3.42. The largest absolute Gasteiger partial charge is 0.493 e. The number of aromatic nitrogens is 1. The smallest absolute Gasteiger partial charge is 0.419 e. The Labute approximate surface area is 205 Å². The number of carbonyl (C=O) groups excluding carboxylic acids is 1. The van der Waals surface area contributed by atoms with Crippen LogP contribution in [0.3, 0.4) is 0 Å². The van der Waals surface area contributed by atoms with Gasteiger partial charge in [-0.2, -0.15) is 0 Å². The number of benzene rings is 2. The molecule has 1 aliphatic heterocycles. The lowest BCUT2D eigenvalue weighted by Crippen LogP contribution is -2.51. The van der Waals surface area contributed by atoms with Gasteiger partial charge in [0.05, 0.1) is 12.1 Å². The molecule has 1 aromatic heterocycles. The number of aryl methyl sites for hydroxylation is 1. The van der Waals surface area contributed by atoms with E-state index >= 15 is 0 Å². The highest BCUT2D eigenvalue weighted by Gasteiger charge is 2.29. The number of rotatable bonds is 9. The van der Waals surface area contributed by atoms with Crippen LogP contribution in [0.4, 0.5) is 0 Å². The molecular weight excluding hydrogens is 446 g/mol. The Bertz CT molecular complexity index is 1220. The topological polar surface area (TPSA) is 85.9 Å². The van der Waals surface area contributed by atoms with Crippen LogP contribution >= 0.6 is 0 Å². The highest BCUT2D eigenvalue weighted by molar-refractivity contribution is 5.96. The minimum Gasteiger partial charge on any atom is -0.493 e. The zero-order valence-corrected chi connectivity index (χ0v) is 21.0. The first kappa shape index (κ1) is 25.0. The third-order valence-corrected chi connectivity index (χ3v) is 6.54. The van der Waals surface area contributed by atoms with Crippen molar-refractivity contribution < 1.29 is 18.7 Å². The van der Waals surface area contributed by atoms with Crippen molar-refractivity contribution >= 4 is 17.0 Å². The molecule has 8 nitrogen and oxygen atoms in total. The molecule has 0 bridgehead atoms. The number of hydrogen-bond acceptors (Lipinski definition) is 6. The van der Waals surface area contributed by atoms with Crippen molar-refractivity contribution in [3.63, 3.8) is 0 Å². The molecule has 0 saturated carbocycles. The van der Waals surface area contributed by atoms with Gasteiger partial charge in [0.15, 0.2) is 5.58 Å². The van der Waals surface area contributed by atoms with E-state index < -0.39 is 5.76 Å². The minimum atomic E-state index is -0.403. The molecular formula is C27H35N3O5. The van der Waals surface area contributed by atoms with Crippen LogP contribution in [0.25, 0.3) is 22.2 Å². The van der Waals surface area contributed by atoms with Crippen LogP contribution in [0.5, 0.6) is 5.75 Å². The van der Waals surface area contributed by atoms with Gasteiger partial charge in [-0.25, -0.2) is 4.79 Å². The number of nitrogens with one attached hydrogen (secondary N) is 1. The van der Waals surface area contributed by atoms with Crippen molar-refractivity contribution in [2.24, 2.45) is 7.05 Å². The van der Waals surface area contributed by atoms with Crippen LogP contribution in [-0.4, -0.2) is 60.9 Å². The lowest BCUT2D eigenvalue weighted by molar-refractivity contribution is 0.0573. The molecule has 1 fully saturated rings. The molecule has 4 rings (SSSR count). The summed E-state index contributed by atoms with van der Waals surface area (Å²) in [5.41, 5.74) is 3.57. The van der Waals surface area contributed by atoms with E-state index in [1.54, 1.807) is 20.2 Å². The van der Waals surface area contributed by atoms with Crippen LogP contribution in [-0.2, 0) is 11.8 Å². The molecule has 0 radical (unpaired) electrons. The van der Waals surface area contributed by atoms with Gasteiger partial charge in [-0.3, -0.25) is 9.36 Å². The van der Waals surface area contributed by atoms with E-state index in [-0.39, 0.29) is 18.0 Å². The number of fused-ring (bicyclic) bond motifs is 1. The molecule has 0 unspecified atom stereocenters. The van der Waals surface area contributed by atoms with Gasteiger partial charge >= 0.3 is 5.76 Å². The van der Waals surface area contributed by atoms with Gasteiger partial charge in [-0.15, -0.1) is 0 Å². The number of oxazole rings is 1. The first-order chi connectivity index (χ1) is 16.9. The number of carbonyl (C=O) groups is 1. The Balaban J connectivity index is 1.70. The maximum Gasteiger partial charge on any atom is 0.419 e. The molecule has 35 heavy (non-hydrogen) atoms. The quantitative estimate of drug-likeness (QED) is 0.468. The molecule has 1 amide bonds. The lowest BCUT2D eigenvalue weighted by atomic mass is 9.99. The van der Waals surface area contributed by atoms with Gasteiger partial charge in [0, 0.05) is 56.9 Å². The number of methoxy groups -OCH3 is 1. The fourth-order valence-electron chi connectivity index (χ4n) is 4.73. The molecule has 188 valence electrons. The summed E-state index contributed by atoms with van der Waals surface area (Å²) in [4.78, 5) is 27.6. The fraction of sp³-hybridized carbons (Fsp3) is 0.481. The second kappa shape index (κ2) is 11.1. The lowest BCUT2D eigenvalue weighted by Gasteiger charge is -2.37. The zero-order valence-electron chi connectivity index (χ0n) is 21.0. The summed E-state index contributed by atoms with van der Waals surface area (Å²) in [5.74, 6) is 0.236. The highest BCUT2D eigenvalue weighted by Crippen LogP contribution is 2.34. The van der Waals surface area contributed by atoms with Crippen LogP contribution in [0.1, 0.15) is 43.5 Å². The van der Waals surface area contributed by atoms with Crippen molar-refractivity contribution in [3.8, 4) is 16.9 Å². The number of piperidine rings is 1. The maximum absolute atomic E-state index is 13.7. The van der Waals surface area contributed by atoms with Gasteiger partial charge in [0.2, 0.25) is 0 Å². The van der Waals surface area contributed by atoms with Gasteiger partial charge in [0.25, 0.3) is 5.91 Å². The van der Waals surface area contributed by atoms with E-state index in [1.165, 1.54) is 4.57 Å². The maximum atomic E-state index is 13.7. The summed E-state index contributed by atoms with van der Waals surface area (Å²) in [6, 6.07) is 11.5. The third kappa shape index (κ3) is 5.44. The van der Waals surface area contributed by atoms with E-state index in [2.05, 4.69) is 19.2 Å². The van der Waals surface area contributed by atoms with Crippen molar-refractivity contribution in [1.82, 2.24) is 14.8 Å². The second-order valence-corrected chi connectivity index (χ2v) is 9.32. The van der Waals surface area contributed by atoms with Gasteiger partial charge in [-0.05, 0) is 69.1 Å². The number of hydrogen-bond donors (Lipinski definition) is 1. The summed E-state index contributed by atoms with van der Waals surface area (Å²) in [7, 11) is 3.35. The van der Waals surface area contributed by atoms with E-state index in [0.29, 0.717) is 35.6 Å². The Morgan fingerprint density at radius 2 is 2.06 bits per heavy atom. The molecule has 8 heteroatoms. The predicted molar refractivity (Wildman–Crippen MR) is 136 cm³/mol. The molecule has 0 spiro atoms. The third-order valence-electron chi connectivity index (χ3n) is 6.54. The van der Waals surface area contributed by atoms with Gasteiger partial charge in [-0.1, -0.05) is 6.07 Å². The van der Waals surface area contributed by atoms with E-state index in [0.717, 1.165) is 43.5 Å². The second-order valence-electron chi connectivity index (χ2n) is 9.32. The summed E-state index contributed by atoms with van der Waals surface area (Å²) >= 11 is 0. The van der Waals surface area contributed by atoms with Crippen LogP contribution in [0.15, 0.2) is 45.6 Å². The average Bonchev–Trinajstić information content (AvgIpc) is 3.15. The normalized spacial score (nSPS) is 16.1. The van der Waals surface area contributed by atoms with Crippen LogP contribution in [0.2, 0.25) is 0 Å². The first-order valence-electron chi connectivity index (χ1n) is 12.3. The standard InChI is InChI=1S/C27H35N3O5/c1-18(2)30(21-7-5-12-28-17-21)26(31)20-8-10-22(25(16-20)34-14-6-13-33-4)19-9-11-24-23(15-19)29(3)27(32)35-24/h8-11,15-16,18,21,28H,5-7,12-14,17H2,1-4H3/t21-/m1/s1. The molecule has 1 aliphatic rings. The molecule has 1 atom stereocenters. The first-order valence-corrected chi connectivity index (χ1v) is 12.3. The van der Waals surface area contributed by atoms with E-state index in [1.807, 2.05) is 35.2 Å². The van der Waals surface area contributed by atoms with E-state index in [9.17, 15) is 9.59 Å². The molecule has 1 N–H and O–H groups in total. The van der Waals surface area contributed by atoms with Crippen molar-refractivity contribution in [1.29, 1.82) is 0 Å². The summed E-state index contributed by atoms with van der Waals surface area (Å²) in [6.45, 7) is 6.99. The summed E-state index contributed by atoms with van der Waals surface area (Å²) in [6.07, 6.45) is 2.79. The number of amides is 1. The van der Waals surface area contributed by atoms with Crippen molar-refractivity contribution in [3.05, 3.63) is 52.5 Å². The Kier molecular flexibility index (Phi) is 7.93. The van der Waals surface area contributed by atoms with Crippen molar-refractivity contribution in [2.45, 2.75) is 45.2 Å². The fourth-order valence-corrected chi connectivity index (χ4v) is 4.73. The highest BCUT2D eigenvalue weighted by atomic mass is 16.5. The van der Waals surface area contributed by atoms with Crippen LogP contribution < -0.4 is 15.8 Å². The SMILES string of the molecule is COCCCOc1cc(C(=O)N(C(C)C)[C@@H]2CCCNC2)ccc1-c1ccc2oc(=O)n(C)c2c1. The minimum absolute atomic E-state index is 0.00896. The molecule has 2 aromatic carbocycles. The number of nitrogens with zero attached hydrogens (tertiary/aromatic N) is 2. The number of ether oxygens (including phenoxy) is 2. The zero-order chi connectivity index (χ0) is 24.9. The predicted octanol–water partition coefficient (Wildman–Crippen LogP) is 3.82. The monoisotopic (exact) mass is 481 g/mol. The van der Waals surface area contributed by atoms with Crippen molar-refractivity contribution in [2.75, 3.05) is 33.4 Å². The summed E-state index contributed by atoms with van der Waals surface area (Å²) < 4.78 is 18.1. The average molecular weight is 482 g/mol. The Hall–Kier alpha value is -3.10. The molecule has 0 aliphatic carbocycles. The van der Waals surface area contributed by atoms with Gasteiger partial charge in [0.1, 0.15) is 5.75 Å². The molecule has 3 aromatic rings. The van der Waals surface area contributed by atoms with Crippen LogP contribution in [0, 0.1) is 0 Å². The van der Waals surface area contributed by atoms with Gasteiger partial charge < -0.3 is 24.1 Å². The van der Waals surface area contributed by atoms with E-state index in [4.69, 9.17) is 13.9 Å². The molecule has 1 saturated heterocycles. The molecule has 2 heterocycles. The Morgan fingerprint density at radius 3 is 2.77 bits per heavy atom.